The number of allylic oxidation sites excluding steroid dienone is 1. The number of aryl methyl sites for hydroxylation is 1. The Labute approximate surface area is 161 Å². The number of hydrogen-bond donors (Lipinski definition) is 1. The molecule has 0 atom stereocenters. The molecule has 0 spiro atoms. The first-order valence-corrected chi connectivity index (χ1v) is 9.34. The van der Waals surface area contributed by atoms with Gasteiger partial charge >= 0.3 is 0 Å². The number of nitrogens with zero attached hydrogens (tertiary/aromatic N) is 3. The van der Waals surface area contributed by atoms with E-state index in [4.69, 9.17) is 4.74 Å². The van der Waals surface area contributed by atoms with Crippen LogP contribution in [0.3, 0.4) is 0 Å². The summed E-state index contributed by atoms with van der Waals surface area (Å²) in [5.74, 6) is 0.893. The summed E-state index contributed by atoms with van der Waals surface area (Å²) in [6, 6.07) is 16.4. The number of benzene rings is 2. The first-order valence-electron chi connectivity index (χ1n) is 9.34. The van der Waals surface area contributed by atoms with Gasteiger partial charge in [0.25, 0.3) is 0 Å². The number of para-hydroxylation sites is 1. The van der Waals surface area contributed by atoms with Crippen LogP contribution in [0.25, 0.3) is 0 Å². The maximum absolute atomic E-state index is 6.14. The molecule has 0 saturated heterocycles. The van der Waals surface area contributed by atoms with Crippen molar-refractivity contribution in [2.75, 3.05) is 37.7 Å². The third kappa shape index (κ3) is 5.26. The Hall–Kier alpha value is -2.95. The summed E-state index contributed by atoms with van der Waals surface area (Å²) in [5, 5.41) is 2.00. The molecule has 1 heterocycles. The van der Waals surface area contributed by atoms with Crippen LogP contribution in [0.1, 0.15) is 18.4 Å². The summed E-state index contributed by atoms with van der Waals surface area (Å²) in [6.07, 6.45) is 5.79. The van der Waals surface area contributed by atoms with Crippen LogP contribution < -0.4 is 15.2 Å². The predicted octanol–water partition coefficient (Wildman–Crippen LogP) is 4.47. The van der Waals surface area contributed by atoms with Crippen LogP contribution in [0, 0.1) is 6.92 Å². The summed E-state index contributed by atoms with van der Waals surface area (Å²) in [5.41, 5.74) is 7.89. The molecule has 27 heavy (non-hydrogen) atoms. The highest BCUT2D eigenvalue weighted by Gasteiger charge is 2.11. The van der Waals surface area contributed by atoms with Crippen molar-refractivity contribution >= 4 is 17.6 Å². The van der Waals surface area contributed by atoms with E-state index in [0.717, 1.165) is 36.5 Å². The third-order valence-electron chi connectivity index (χ3n) is 4.56. The average molecular weight is 364 g/mol. The number of rotatable bonds is 8. The number of aliphatic imine (C=N–C) groups is 1. The van der Waals surface area contributed by atoms with Gasteiger partial charge < -0.3 is 9.64 Å². The Balaban J connectivity index is 1.60. The highest BCUT2D eigenvalue weighted by molar-refractivity contribution is 5.63. The van der Waals surface area contributed by atoms with Crippen LogP contribution in [-0.2, 0) is 0 Å². The summed E-state index contributed by atoms with van der Waals surface area (Å²) >= 11 is 0. The van der Waals surface area contributed by atoms with Gasteiger partial charge in [-0.15, -0.1) is 0 Å². The lowest BCUT2D eigenvalue weighted by molar-refractivity contribution is 0.304. The SMILES string of the molecule is Cc1ccc(N(C)Nc2ccccc2)c(OCCCC2=CN=CCN2C)c1. The first kappa shape index (κ1) is 18.8. The van der Waals surface area contributed by atoms with E-state index in [1.807, 2.05) is 54.8 Å². The Kier molecular flexibility index (Phi) is 6.36. The molecule has 1 aliphatic heterocycles. The van der Waals surface area contributed by atoms with E-state index in [2.05, 4.69) is 47.5 Å². The highest BCUT2D eigenvalue weighted by Crippen LogP contribution is 2.29. The second-order valence-electron chi connectivity index (χ2n) is 6.79. The third-order valence-corrected chi connectivity index (χ3v) is 4.56. The van der Waals surface area contributed by atoms with E-state index in [1.54, 1.807) is 0 Å². The smallest absolute Gasteiger partial charge is 0.144 e. The van der Waals surface area contributed by atoms with E-state index in [1.165, 1.54) is 11.3 Å². The summed E-state index contributed by atoms with van der Waals surface area (Å²) in [6.45, 7) is 3.64. The fourth-order valence-corrected chi connectivity index (χ4v) is 3.00. The minimum atomic E-state index is 0.671. The van der Waals surface area contributed by atoms with E-state index in [0.29, 0.717) is 6.61 Å². The zero-order valence-electron chi connectivity index (χ0n) is 16.4. The second-order valence-corrected chi connectivity index (χ2v) is 6.79. The van der Waals surface area contributed by atoms with E-state index in [-0.39, 0.29) is 0 Å². The van der Waals surface area contributed by atoms with E-state index >= 15 is 0 Å². The normalized spacial score (nSPS) is 13.3. The maximum Gasteiger partial charge on any atom is 0.144 e. The van der Waals surface area contributed by atoms with Gasteiger partial charge in [-0.2, -0.15) is 0 Å². The summed E-state index contributed by atoms with van der Waals surface area (Å²) in [7, 11) is 4.10. The van der Waals surface area contributed by atoms with Gasteiger partial charge in [0.15, 0.2) is 0 Å². The minimum Gasteiger partial charge on any atom is -0.491 e. The van der Waals surface area contributed by atoms with Crippen molar-refractivity contribution in [2.45, 2.75) is 19.8 Å². The molecule has 0 bridgehead atoms. The molecule has 0 saturated carbocycles. The fourth-order valence-electron chi connectivity index (χ4n) is 3.00. The lowest BCUT2D eigenvalue weighted by atomic mass is 10.2. The molecule has 0 unspecified atom stereocenters. The predicted molar refractivity (Wildman–Crippen MR) is 114 cm³/mol. The van der Waals surface area contributed by atoms with Gasteiger partial charge in [-0.3, -0.25) is 15.4 Å². The molecule has 0 fully saturated rings. The van der Waals surface area contributed by atoms with Crippen molar-refractivity contribution in [1.29, 1.82) is 0 Å². The number of anilines is 2. The van der Waals surface area contributed by atoms with Gasteiger partial charge in [0.2, 0.25) is 0 Å². The highest BCUT2D eigenvalue weighted by atomic mass is 16.5. The molecule has 5 nitrogen and oxygen atoms in total. The van der Waals surface area contributed by atoms with Crippen LogP contribution >= 0.6 is 0 Å². The number of hydrogen-bond acceptors (Lipinski definition) is 5. The molecule has 1 aliphatic rings. The van der Waals surface area contributed by atoms with Crippen molar-refractivity contribution in [3.05, 3.63) is 66.0 Å². The largest absolute Gasteiger partial charge is 0.491 e. The van der Waals surface area contributed by atoms with E-state index < -0.39 is 0 Å². The molecular weight excluding hydrogens is 336 g/mol. The standard InChI is InChI=1S/C22H28N4O/c1-18-11-12-21(26(3)24-19-8-5-4-6-9-19)22(16-18)27-15-7-10-20-17-23-13-14-25(20)2/h4-6,8-9,11-13,16-17,24H,7,10,14-15H2,1-3H3. The fraction of sp³-hybridized carbons (Fsp3) is 0.318. The van der Waals surface area contributed by atoms with Crippen molar-refractivity contribution in [1.82, 2.24) is 4.90 Å². The van der Waals surface area contributed by atoms with Crippen LogP contribution in [0.4, 0.5) is 11.4 Å². The molecule has 0 aromatic heterocycles. The summed E-state index contributed by atoms with van der Waals surface area (Å²) in [4.78, 5) is 6.48. The van der Waals surface area contributed by atoms with Crippen molar-refractivity contribution in [2.24, 2.45) is 4.99 Å². The van der Waals surface area contributed by atoms with Gasteiger partial charge in [0.05, 0.1) is 24.5 Å². The average Bonchev–Trinajstić information content (AvgIpc) is 2.67. The van der Waals surface area contributed by atoms with Crippen molar-refractivity contribution in [3.63, 3.8) is 0 Å². The molecule has 0 amide bonds. The molecule has 1 N–H and O–H groups in total. The maximum atomic E-state index is 6.14. The van der Waals surface area contributed by atoms with E-state index in [9.17, 15) is 0 Å². The topological polar surface area (TPSA) is 40.1 Å². The molecule has 2 aromatic carbocycles. The molecule has 0 aliphatic carbocycles. The zero-order chi connectivity index (χ0) is 19.1. The van der Waals surface area contributed by atoms with Crippen molar-refractivity contribution < 1.29 is 4.74 Å². The number of nitrogens with one attached hydrogen (secondary N) is 1. The molecule has 5 heteroatoms. The van der Waals surface area contributed by atoms with Gasteiger partial charge in [-0.1, -0.05) is 24.3 Å². The quantitative estimate of drug-likeness (QED) is 0.554. The van der Waals surface area contributed by atoms with Gasteiger partial charge in [0.1, 0.15) is 5.75 Å². The zero-order valence-corrected chi connectivity index (χ0v) is 16.4. The number of hydrazine groups is 1. The lowest BCUT2D eigenvalue weighted by Crippen LogP contribution is -2.25. The number of ether oxygens (including phenoxy) is 1. The first-order chi connectivity index (χ1) is 13.1. The van der Waals surface area contributed by atoms with Crippen LogP contribution in [0.2, 0.25) is 0 Å². The van der Waals surface area contributed by atoms with Gasteiger partial charge in [-0.25, -0.2) is 0 Å². The molecule has 2 aromatic rings. The molecule has 0 radical (unpaired) electrons. The Morgan fingerprint density at radius 1 is 1.19 bits per heavy atom. The minimum absolute atomic E-state index is 0.671. The van der Waals surface area contributed by atoms with Crippen LogP contribution in [0.15, 0.2) is 65.4 Å². The van der Waals surface area contributed by atoms with Gasteiger partial charge in [-0.05, 0) is 49.6 Å². The molecule has 142 valence electrons. The van der Waals surface area contributed by atoms with Crippen molar-refractivity contribution in [3.8, 4) is 5.75 Å². The van der Waals surface area contributed by atoms with Crippen LogP contribution in [0.5, 0.6) is 5.75 Å². The van der Waals surface area contributed by atoms with Gasteiger partial charge in [0, 0.05) is 32.2 Å². The Morgan fingerprint density at radius 3 is 2.78 bits per heavy atom. The van der Waals surface area contributed by atoms with Crippen LogP contribution in [-0.4, -0.2) is 38.4 Å². The molecule has 3 rings (SSSR count). The monoisotopic (exact) mass is 364 g/mol. The lowest BCUT2D eigenvalue weighted by Gasteiger charge is -2.25. The Morgan fingerprint density at radius 2 is 2.00 bits per heavy atom. The summed E-state index contributed by atoms with van der Waals surface area (Å²) < 4.78 is 6.14. The molecular formula is C22H28N4O. The Bertz CT molecular complexity index is 801. The second kappa shape index (κ2) is 9.12.